The molecule has 3 aromatic rings. The van der Waals surface area contributed by atoms with Crippen LogP contribution < -0.4 is 10.1 Å². The zero-order chi connectivity index (χ0) is 21.7. The van der Waals surface area contributed by atoms with Gasteiger partial charge in [0.15, 0.2) is 11.0 Å². The van der Waals surface area contributed by atoms with E-state index in [0.29, 0.717) is 21.8 Å². The predicted molar refractivity (Wildman–Crippen MR) is 114 cm³/mol. The molecule has 0 aliphatic heterocycles. The SMILES string of the molecule is Cn1c(COc2ccccc2Cl)nnc1SCC(=O)Nc1ccc(Cl)c([N+](=O)[O-])c1. The van der Waals surface area contributed by atoms with Gasteiger partial charge in [0, 0.05) is 18.8 Å². The van der Waals surface area contributed by atoms with E-state index in [1.807, 2.05) is 6.07 Å². The smallest absolute Gasteiger partial charge is 0.289 e. The van der Waals surface area contributed by atoms with Gasteiger partial charge in [-0.15, -0.1) is 10.2 Å². The molecule has 0 unspecified atom stereocenters. The highest BCUT2D eigenvalue weighted by molar-refractivity contribution is 7.99. The molecule has 0 saturated heterocycles. The number of carbonyl (C=O) groups excluding carboxylic acids is 1. The molecular formula is C18H15Cl2N5O4S. The summed E-state index contributed by atoms with van der Waals surface area (Å²) < 4.78 is 7.36. The minimum atomic E-state index is -0.613. The summed E-state index contributed by atoms with van der Waals surface area (Å²) in [6, 6.07) is 11.1. The van der Waals surface area contributed by atoms with Crippen LogP contribution in [0.5, 0.6) is 5.75 Å². The van der Waals surface area contributed by atoms with E-state index >= 15 is 0 Å². The first kappa shape index (κ1) is 21.9. The predicted octanol–water partition coefficient (Wildman–Crippen LogP) is 4.34. The van der Waals surface area contributed by atoms with Crippen molar-refractivity contribution in [3.8, 4) is 5.75 Å². The second-order valence-corrected chi connectivity index (χ2v) is 7.69. The van der Waals surface area contributed by atoms with Gasteiger partial charge in [0.1, 0.15) is 17.4 Å². The van der Waals surface area contributed by atoms with E-state index in [9.17, 15) is 14.9 Å². The van der Waals surface area contributed by atoms with Crippen LogP contribution >= 0.6 is 35.0 Å². The molecule has 12 heteroatoms. The Bertz CT molecular complexity index is 1090. The molecule has 0 aliphatic carbocycles. The minimum Gasteiger partial charge on any atom is -0.484 e. The van der Waals surface area contributed by atoms with E-state index in [2.05, 4.69) is 15.5 Å². The summed E-state index contributed by atoms with van der Waals surface area (Å²) >= 11 is 13.0. The third-order valence-corrected chi connectivity index (χ3v) is 5.53. The molecule has 1 aromatic heterocycles. The number of ether oxygens (including phenoxy) is 1. The van der Waals surface area contributed by atoms with Gasteiger partial charge in [-0.25, -0.2) is 0 Å². The number of halogens is 2. The summed E-state index contributed by atoms with van der Waals surface area (Å²) in [6.45, 7) is 0.161. The van der Waals surface area contributed by atoms with Crippen molar-refractivity contribution in [1.29, 1.82) is 0 Å². The van der Waals surface area contributed by atoms with Crippen LogP contribution in [0, 0.1) is 10.1 Å². The molecule has 30 heavy (non-hydrogen) atoms. The van der Waals surface area contributed by atoms with E-state index in [4.69, 9.17) is 27.9 Å². The lowest BCUT2D eigenvalue weighted by Crippen LogP contribution is -2.14. The first-order valence-electron chi connectivity index (χ1n) is 8.47. The van der Waals surface area contributed by atoms with Crippen molar-refractivity contribution in [2.75, 3.05) is 11.1 Å². The standard InChI is InChI=1S/C18H15Cl2N5O4S/c1-24-16(9-29-15-5-3-2-4-13(15)20)22-23-18(24)30-10-17(26)21-11-6-7-12(19)14(8-11)25(27)28/h2-8H,9-10H2,1H3,(H,21,26). The van der Waals surface area contributed by atoms with E-state index in [1.165, 1.54) is 30.0 Å². The molecule has 3 rings (SSSR count). The van der Waals surface area contributed by atoms with Gasteiger partial charge in [0.2, 0.25) is 5.91 Å². The first-order valence-corrected chi connectivity index (χ1v) is 10.2. The third kappa shape index (κ3) is 5.41. The van der Waals surface area contributed by atoms with Crippen LogP contribution in [0.1, 0.15) is 5.82 Å². The summed E-state index contributed by atoms with van der Waals surface area (Å²) in [6.07, 6.45) is 0. The monoisotopic (exact) mass is 467 g/mol. The van der Waals surface area contributed by atoms with Gasteiger partial charge in [-0.3, -0.25) is 14.9 Å². The Morgan fingerprint density at radius 3 is 2.73 bits per heavy atom. The number of thioether (sulfide) groups is 1. The van der Waals surface area contributed by atoms with Crippen molar-refractivity contribution in [2.45, 2.75) is 11.8 Å². The number of amides is 1. The highest BCUT2D eigenvalue weighted by atomic mass is 35.5. The number of hydrogen-bond acceptors (Lipinski definition) is 7. The fourth-order valence-corrected chi connectivity index (χ4v) is 3.46. The molecule has 1 amide bonds. The number of carbonyl (C=O) groups is 1. The van der Waals surface area contributed by atoms with Crippen LogP contribution in [-0.2, 0) is 18.4 Å². The van der Waals surface area contributed by atoms with E-state index in [0.717, 1.165) is 0 Å². The Balaban J connectivity index is 1.56. The molecule has 2 aromatic carbocycles. The summed E-state index contributed by atoms with van der Waals surface area (Å²) in [7, 11) is 1.76. The Kier molecular flexibility index (Phi) is 7.14. The normalized spacial score (nSPS) is 10.6. The molecule has 0 aliphatic rings. The molecule has 0 bridgehead atoms. The topological polar surface area (TPSA) is 112 Å². The lowest BCUT2D eigenvalue weighted by molar-refractivity contribution is -0.384. The molecule has 0 saturated carbocycles. The van der Waals surface area contributed by atoms with Crippen molar-refractivity contribution in [1.82, 2.24) is 14.8 Å². The summed E-state index contributed by atoms with van der Waals surface area (Å²) in [5, 5.41) is 22.7. The zero-order valence-corrected chi connectivity index (χ0v) is 17.9. The van der Waals surface area contributed by atoms with Crippen LogP contribution in [0.25, 0.3) is 0 Å². The second kappa shape index (κ2) is 9.79. The van der Waals surface area contributed by atoms with Crippen LogP contribution in [0.2, 0.25) is 10.0 Å². The number of nitrogens with one attached hydrogen (secondary N) is 1. The van der Waals surface area contributed by atoms with Gasteiger partial charge in [0.05, 0.1) is 15.7 Å². The van der Waals surface area contributed by atoms with Crippen molar-refractivity contribution < 1.29 is 14.5 Å². The van der Waals surface area contributed by atoms with Crippen molar-refractivity contribution in [3.63, 3.8) is 0 Å². The van der Waals surface area contributed by atoms with Crippen molar-refractivity contribution in [2.24, 2.45) is 7.05 Å². The number of benzene rings is 2. The Morgan fingerprint density at radius 2 is 2.00 bits per heavy atom. The zero-order valence-electron chi connectivity index (χ0n) is 15.5. The molecule has 0 atom stereocenters. The minimum absolute atomic E-state index is 0.00185. The molecule has 1 heterocycles. The van der Waals surface area contributed by atoms with Gasteiger partial charge in [0.25, 0.3) is 5.69 Å². The van der Waals surface area contributed by atoms with E-state index in [1.54, 1.807) is 29.8 Å². The van der Waals surface area contributed by atoms with Gasteiger partial charge in [-0.05, 0) is 24.3 Å². The lowest BCUT2D eigenvalue weighted by atomic mass is 10.3. The second-order valence-electron chi connectivity index (χ2n) is 5.94. The largest absolute Gasteiger partial charge is 0.484 e. The molecule has 0 fully saturated rings. The van der Waals surface area contributed by atoms with Gasteiger partial charge < -0.3 is 14.6 Å². The van der Waals surface area contributed by atoms with E-state index < -0.39 is 4.92 Å². The average molecular weight is 468 g/mol. The summed E-state index contributed by atoms with van der Waals surface area (Å²) in [5.74, 6) is 0.778. The number of hydrogen-bond donors (Lipinski definition) is 1. The van der Waals surface area contributed by atoms with Crippen molar-refractivity contribution in [3.05, 3.63) is 68.4 Å². The lowest BCUT2D eigenvalue weighted by Gasteiger charge is -2.08. The molecule has 0 radical (unpaired) electrons. The number of nitro benzene ring substituents is 1. The number of anilines is 1. The van der Waals surface area contributed by atoms with Crippen LogP contribution in [0.15, 0.2) is 47.6 Å². The Morgan fingerprint density at radius 1 is 1.23 bits per heavy atom. The highest BCUT2D eigenvalue weighted by Crippen LogP contribution is 2.28. The van der Waals surface area contributed by atoms with Crippen LogP contribution in [0.3, 0.4) is 0 Å². The van der Waals surface area contributed by atoms with Crippen LogP contribution in [0.4, 0.5) is 11.4 Å². The molecule has 156 valence electrons. The third-order valence-electron chi connectivity index (χ3n) is 3.88. The van der Waals surface area contributed by atoms with Crippen LogP contribution in [-0.4, -0.2) is 31.3 Å². The maximum absolute atomic E-state index is 12.2. The molecule has 1 N–H and O–H groups in total. The molecular weight excluding hydrogens is 453 g/mol. The van der Waals surface area contributed by atoms with E-state index in [-0.39, 0.29) is 34.7 Å². The Hall–Kier alpha value is -2.82. The average Bonchev–Trinajstić information content (AvgIpc) is 3.06. The maximum atomic E-state index is 12.2. The quantitative estimate of drug-likeness (QED) is 0.297. The number of rotatable bonds is 8. The Labute approximate surface area is 185 Å². The highest BCUT2D eigenvalue weighted by Gasteiger charge is 2.15. The van der Waals surface area contributed by atoms with Gasteiger partial charge in [-0.2, -0.15) is 0 Å². The van der Waals surface area contributed by atoms with Crippen molar-refractivity contribution >= 4 is 52.2 Å². The summed E-state index contributed by atoms with van der Waals surface area (Å²) in [4.78, 5) is 22.5. The van der Waals surface area contributed by atoms with Gasteiger partial charge >= 0.3 is 0 Å². The summed E-state index contributed by atoms with van der Waals surface area (Å²) in [5.41, 5.74) is 0.00192. The molecule has 9 nitrogen and oxygen atoms in total. The molecule has 0 spiro atoms. The first-order chi connectivity index (χ1) is 14.3. The maximum Gasteiger partial charge on any atom is 0.289 e. The number of aromatic nitrogens is 3. The fraction of sp³-hybridized carbons (Fsp3) is 0.167. The fourth-order valence-electron chi connectivity index (χ4n) is 2.36. The number of para-hydroxylation sites is 1. The number of nitro groups is 1. The number of nitrogens with zero attached hydrogens (tertiary/aromatic N) is 4. The van der Waals surface area contributed by atoms with Gasteiger partial charge in [-0.1, -0.05) is 47.1 Å².